The average molecular weight is 196 g/mol. The molecule has 0 spiro atoms. The van der Waals surface area contributed by atoms with Crippen molar-refractivity contribution in [2.45, 2.75) is 32.7 Å². The van der Waals surface area contributed by atoms with Gasteiger partial charge in [0.05, 0.1) is 0 Å². The highest BCUT2D eigenvalue weighted by Gasteiger charge is 2.46. The molecule has 1 atom stereocenters. The molecule has 0 unspecified atom stereocenters. The van der Waals surface area contributed by atoms with E-state index in [2.05, 4.69) is 11.9 Å². The molecule has 0 bridgehead atoms. The quantitative estimate of drug-likeness (QED) is 0.695. The maximum absolute atomic E-state index is 11.8. The molecule has 0 radical (unpaired) electrons. The van der Waals surface area contributed by atoms with Crippen LogP contribution in [0.1, 0.15) is 27.2 Å². The zero-order valence-electron chi connectivity index (χ0n) is 8.83. The molecule has 14 heavy (non-hydrogen) atoms. The summed E-state index contributed by atoms with van der Waals surface area (Å²) in [5, 5.41) is 2.68. The van der Waals surface area contributed by atoms with Gasteiger partial charge in [-0.1, -0.05) is 20.4 Å². The molecule has 1 aliphatic heterocycles. The zero-order valence-corrected chi connectivity index (χ0v) is 8.83. The number of urea groups is 1. The minimum absolute atomic E-state index is 0.216. The molecule has 0 aromatic heterocycles. The summed E-state index contributed by atoms with van der Waals surface area (Å²) in [6.45, 7) is 9.21. The Hall–Kier alpha value is -1.32. The van der Waals surface area contributed by atoms with Crippen LogP contribution in [0.4, 0.5) is 4.79 Å². The zero-order chi connectivity index (χ0) is 10.9. The van der Waals surface area contributed by atoms with Crippen molar-refractivity contribution in [1.82, 2.24) is 10.2 Å². The number of nitrogens with one attached hydrogen (secondary N) is 1. The van der Waals surface area contributed by atoms with Gasteiger partial charge in [0.1, 0.15) is 5.54 Å². The summed E-state index contributed by atoms with van der Waals surface area (Å²) in [5.41, 5.74) is -0.764. The number of hydrogen-bond donors (Lipinski definition) is 1. The molecular formula is C10H16N2O2. The Kier molecular flexibility index (Phi) is 2.64. The summed E-state index contributed by atoms with van der Waals surface area (Å²) in [5.74, 6) is 0.139. The molecule has 4 nitrogen and oxygen atoms in total. The van der Waals surface area contributed by atoms with Crippen molar-refractivity contribution in [2.24, 2.45) is 5.92 Å². The van der Waals surface area contributed by atoms with Crippen LogP contribution in [0.3, 0.4) is 0 Å². The monoisotopic (exact) mass is 196 g/mol. The molecule has 1 heterocycles. The smallest absolute Gasteiger partial charge is 0.323 e. The highest BCUT2D eigenvalue weighted by atomic mass is 16.2. The second-order valence-electron chi connectivity index (χ2n) is 4.22. The van der Waals surface area contributed by atoms with Gasteiger partial charge >= 0.3 is 6.03 Å². The predicted octanol–water partition coefficient (Wildman–Crippen LogP) is 1.49. The Balaban J connectivity index is 2.88. The summed E-state index contributed by atoms with van der Waals surface area (Å²) in [6.07, 6.45) is 1.89. The molecule has 1 N–H and O–H groups in total. The van der Waals surface area contributed by atoms with Gasteiger partial charge in [-0.05, 0) is 19.3 Å². The molecular weight excluding hydrogens is 180 g/mol. The van der Waals surface area contributed by atoms with E-state index in [1.54, 1.807) is 6.92 Å². The summed E-state index contributed by atoms with van der Waals surface area (Å²) < 4.78 is 0. The van der Waals surface area contributed by atoms with Crippen LogP contribution in [0.5, 0.6) is 0 Å². The van der Waals surface area contributed by atoms with Crippen LogP contribution in [-0.4, -0.2) is 22.4 Å². The van der Waals surface area contributed by atoms with Crippen molar-refractivity contribution >= 4 is 11.9 Å². The first kappa shape index (κ1) is 10.8. The van der Waals surface area contributed by atoms with Crippen LogP contribution in [0.25, 0.3) is 0 Å². The fourth-order valence-corrected chi connectivity index (χ4v) is 1.83. The van der Waals surface area contributed by atoms with Gasteiger partial charge in [0.25, 0.3) is 5.91 Å². The fraction of sp³-hybridized carbons (Fsp3) is 0.600. The normalized spacial score (nSPS) is 27.0. The third-order valence-corrected chi connectivity index (χ3v) is 2.29. The van der Waals surface area contributed by atoms with E-state index in [1.807, 2.05) is 13.8 Å². The first-order valence-corrected chi connectivity index (χ1v) is 4.69. The van der Waals surface area contributed by atoms with Crippen LogP contribution in [0.2, 0.25) is 0 Å². The Morgan fingerprint density at radius 3 is 2.50 bits per heavy atom. The number of hydrogen-bond acceptors (Lipinski definition) is 2. The standard InChI is InChI=1S/C10H16N2O2/c1-5-12-8(13)10(4,6-7(2)3)11-9(12)14/h5,7H,1,6H2,2-4H3,(H,11,14)/t10-/m1/s1. The lowest BCUT2D eigenvalue weighted by Crippen LogP contribution is -2.44. The summed E-state index contributed by atoms with van der Waals surface area (Å²) in [7, 11) is 0. The Bertz CT molecular complexity index is 286. The SMILES string of the molecule is C=CN1C(=O)N[C@](C)(CC(C)C)C1=O. The van der Waals surface area contributed by atoms with Gasteiger partial charge in [-0.3, -0.25) is 4.79 Å². The van der Waals surface area contributed by atoms with Gasteiger partial charge in [-0.25, -0.2) is 9.69 Å². The molecule has 0 aliphatic carbocycles. The summed E-state index contributed by atoms with van der Waals surface area (Å²) in [4.78, 5) is 24.1. The van der Waals surface area contributed by atoms with Crippen molar-refractivity contribution in [3.63, 3.8) is 0 Å². The van der Waals surface area contributed by atoms with Crippen LogP contribution in [0.15, 0.2) is 12.8 Å². The predicted molar refractivity (Wildman–Crippen MR) is 53.4 cm³/mol. The van der Waals surface area contributed by atoms with Gasteiger partial charge in [0.15, 0.2) is 0 Å². The maximum Gasteiger partial charge on any atom is 0.329 e. The van der Waals surface area contributed by atoms with Crippen LogP contribution < -0.4 is 5.32 Å². The van der Waals surface area contributed by atoms with Crippen molar-refractivity contribution in [2.75, 3.05) is 0 Å². The Morgan fingerprint density at radius 2 is 2.14 bits per heavy atom. The van der Waals surface area contributed by atoms with E-state index < -0.39 is 5.54 Å². The minimum Gasteiger partial charge on any atom is -0.323 e. The lowest BCUT2D eigenvalue weighted by atomic mass is 9.91. The van der Waals surface area contributed by atoms with Crippen LogP contribution in [-0.2, 0) is 4.79 Å². The molecule has 0 saturated carbocycles. The Labute approximate surface area is 84.0 Å². The second kappa shape index (κ2) is 3.44. The first-order chi connectivity index (χ1) is 6.40. The molecule has 4 heteroatoms. The summed E-state index contributed by atoms with van der Waals surface area (Å²) in [6, 6.07) is -0.381. The van der Waals surface area contributed by atoms with Gasteiger partial charge in [-0.2, -0.15) is 0 Å². The van der Waals surface area contributed by atoms with Crippen molar-refractivity contribution in [3.8, 4) is 0 Å². The van der Waals surface area contributed by atoms with E-state index in [4.69, 9.17) is 0 Å². The van der Waals surface area contributed by atoms with Gasteiger partial charge in [0.2, 0.25) is 0 Å². The van der Waals surface area contributed by atoms with E-state index in [9.17, 15) is 9.59 Å². The molecule has 1 saturated heterocycles. The van der Waals surface area contributed by atoms with Crippen molar-refractivity contribution in [3.05, 3.63) is 12.8 Å². The number of amides is 3. The first-order valence-electron chi connectivity index (χ1n) is 4.69. The van der Waals surface area contributed by atoms with E-state index in [1.165, 1.54) is 6.20 Å². The molecule has 0 aromatic carbocycles. The lowest BCUT2D eigenvalue weighted by molar-refractivity contribution is -0.129. The average Bonchev–Trinajstić information content (AvgIpc) is 2.21. The number of rotatable bonds is 3. The minimum atomic E-state index is -0.764. The van der Waals surface area contributed by atoms with E-state index in [-0.39, 0.29) is 11.9 Å². The molecule has 1 aliphatic rings. The Morgan fingerprint density at radius 1 is 1.57 bits per heavy atom. The van der Waals surface area contributed by atoms with E-state index >= 15 is 0 Å². The summed E-state index contributed by atoms with van der Waals surface area (Å²) >= 11 is 0. The number of carbonyl (C=O) groups is 2. The third-order valence-electron chi connectivity index (χ3n) is 2.29. The maximum atomic E-state index is 11.8. The topological polar surface area (TPSA) is 49.4 Å². The van der Waals surface area contributed by atoms with Gasteiger partial charge < -0.3 is 5.32 Å². The number of nitrogens with zero attached hydrogens (tertiary/aromatic N) is 1. The number of carbonyl (C=O) groups excluding carboxylic acids is 2. The molecule has 0 aromatic rings. The van der Waals surface area contributed by atoms with Crippen LogP contribution >= 0.6 is 0 Å². The molecule has 1 fully saturated rings. The highest BCUT2D eigenvalue weighted by Crippen LogP contribution is 2.24. The van der Waals surface area contributed by atoms with Crippen molar-refractivity contribution in [1.29, 1.82) is 0 Å². The number of imide groups is 1. The molecule has 3 amide bonds. The van der Waals surface area contributed by atoms with Crippen LogP contribution in [0, 0.1) is 5.92 Å². The largest absolute Gasteiger partial charge is 0.329 e. The van der Waals surface area contributed by atoms with E-state index in [0.29, 0.717) is 12.3 Å². The third kappa shape index (κ3) is 1.64. The molecule has 1 rings (SSSR count). The highest BCUT2D eigenvalue weighted by molar-refractivity contribution is 6.07. The lowest BCUT2D eigenvalue weighted by Gasteiger charge is -2.22. The second-order valence-corrected chi connectivity index (χ2v) is 4.22. The fourth-order valence-electron chi connectivity index (χ4n) is 1.83. The van der Waals surface area contributed by atoms with Gasteiger partial charge in [0, 0.05) is 6.20 Å². The van der Waals surface area contributed by atoms with E-state index in [0.717, 1.165) is 4.90 Å². The van der Waals surface area contributed by atoms with Crippen molar-refractivity contribution < 1.29 is 9.59 Å². The molecule has 78 valence electrons. The van der Waals surface area contributed by atoms with Gasteiger partial charge in [-0.15, -0.1) is 0 Å².